The molecule has 8 heteroatoms. The van der Waals surface area contributed by atoms with Crippen LogP contribution in [0.1, 0.15) is 0 Å². The fourth-order valence-electron chi connectivity index (χ4n) is 1.28. The van der Waals surface area contributed by atoms with Gasteiger partial charge in [0.1, 0.15) is 10.7 Å². The number of nitrogens with one attached hydrogen (secondary N) is 1. The SMILES string of the molecule is Nc1ncccc1S(=O)(=O)Nc1cnccc1Cl. The third-order valence-corrected chi connectivity index (χ3v) is 3.84. The molecule has 0 unspecified atom stereocenters. The monoisotopic (exact) mass is 284 g/mol. The zero-order valence-corrected chi connectivity index (χ0v) is 10.6. The average molecular weight is 285 g/mol. The zero-order valence-electron chi connectivity index (χ0n) is 9.04. The summed E-state index contributed by atoms with van der Waals surface area (Å²) in [5.41, 5.74) is 5.70. The lowest BCUT2D eigenvalue weighted by Crippen LogP contribution is -2.15. The Labute approximate surface area is 109 Å². The van der Waals surface area contributed by atoms with Crippen molar-refractivity contribution >= 4 is 33.1 Å². The molecule has 0 bridgehead atoms. The fourth-order valence-corrected chi connectivity index (χ4v) is 2.64. The number of nitrogen functional groups attached to an aromatic ring is 1. The molecule has 2 aromatic rings. The van der Waals surface area contributed by atoms with Gasteiger partial charge in [-0.05, 0) is 18.2 Å². The summed E-state index contributed by atoms with van der Waals surface area (Å²) in [7, 11) is -3.83. The first kappa shape index (κ1) is 12.6. The van der Waals surface area contributed by atoms with Crippen LogP contribution in [0.15, 0.2) is 41.7 Å². The van der Waals surface area contributed by atoms with Crippen molar-refractivity contribution in [1.29, 1.82) is 0 Å². The molecule has 3 N–H and O–H groups in total. The molecule has 0 fully saturated rings. The number of nitrogens with two attached hydrogens (primary N) is 1. The summed E-state index contributed by atoms with van der Waals surface area (Å²) in [5.74, 6) is -0.0787. The molecule has 94 valence electrons. The number of rotatable bonds is 3. The summed E-state index contributed by atoms with van der Waals surface area (Å²) in [6.45, 7) is 0. The van der Waals surface area contributed by atoms with Crippen LogP contribution in [0.3, 0.4) is 0 Å². The van der Waals surface area contributed by atoms with Gasteiger partial charge in [-0.3, -0.25) is 9.71 Å². The molecule has 0 radical (unpaired) electrons. The van der Waals surface area contributed by atoms with E-state index in [1.807, 2.05) is 0 Å². The van der Waals surface area contributed by atoms with Crippen LogP contribution in [-0.4, -0.2) is 18.4 Å². The second-order valence-corrected chi connectivity index (χ2v) is 5.41. The first-order chi connectivity index (χ1) is 8.50. The minimum absolute atomic E-state index is 0.0787. The third kappa shape index (κ3) is 2.52. The van der Waals surface area contributed by atoms with Gasteiger partial charge in [0.2, 0.25) is 0 Å². The standard InChI is InChI=1S/C10H9ClN4O2S/c11-7-3-5-13-6-8(7)15-18(16,17)9-2-1-4-14-10(9)12/h1-6,15H,(H2,12,14). The molecule has 18 heavy (non-hydrogen) atoms. The number of hydrogen-bond acceptors (Lipinski definition) is 5. The maximum absolute atomic E-state index is 12.1. The molecule has 6 nitrogen and oxygen atoms in total. The van der Waals surface area contributed by atoms with Gasteiger partial charge < -0.3 is 5.73 Å². The van der Waals surface area contributed by atoms with Crippen molar-refractivity contribution in [2.75, 3.05) is 10.5 Å². The lowest BCUT2D eigenvalue weighted by molar-refractivity contribution is 0.601. The van der Waals surface area contributed by atoms with Gasteiger partial charge >= 0.3 is 0 Å². The molecule has 2 rings (SSSR count). The summed E-state index contributed by atoms with van der Waals surface area (Å²) in [6, 6.07) is 4.32. The van der Waals surface area contributed by atoms with Crippen molar-refractivity contribution in [3.63, 3.8) is 0 Å². The van der Waals surface area contributed by atoms with Gasteiger partial charge in [-0.1, -0.05) is 11.6 Å². The topological polar surface area (TPSA) is 98.0 Å². The summed E-state index contributed by atoms with van der Waals surface area (Å²) in [4.78, 5) is 7.40. The second kappa shape index (κ2) is 4.79. The second-order valence-electron chi connectivity index (χ2n) is 3.35. The third-order valence-electron chi connectivity index (χ3n) is 2.10. The van der Waals surface area contributed by atoms with Gasteiger partial charge in [0.05, 0.1) is 16.9 Å². The Morgan fingerprint density at radius 2 is 2.06 bits per heavy atom. The van der Waals surface area contributed by atoms with Gasteiger partial charge in [0, 0.05) is 12.4 Å². The van der Waals surface area contributed by atoms with E-state index in [4.69, 9.17) is 17.3 Å². The number of nitrogens with zero attached hydrogens (tertiary/aromatic N) is 2. The van der Waals surface area contributed by atoms with Crippen molar-refractivity contribution < 1.29 is 8.42 Å². The molecule has 0 aliphatic carbocycles. The molecule has 0 aliphatic heterocycles. The Hall–Kier alpha value is -1.86. The van der Waals surface area contributed by atoms with E-state index in [2.05, 4.69) is 14.7 Å². The molecule has 0 atom stereocenters. The number of hydrogen-bond donors (Lipinski definition) is 2. The van der Waals surface area contributed by atoms with Crippen LogP contribution >= 0.6 is 11.6 Å². The minimum Gasteiger partial charge on any atom is -0.383 e. The van der Waals surface area contributed by atoms with Crippen molar-refractivity contribution in [2.24, 2.45) is 0 Å². The zero-order chi connectivity index (χ0) is 13.2. The Balaban J connectivity index is 2.40. The van der Waals surface area contributed by atoms with Crippen molar-refractivity contribution in [3.05, 3.63) is 41.8 Å². The molecule has 2 heterocycles. The molecular formula is C10H9ClN4O2S. The average Bonchev–Trinajstić information content (AvgIpc) is 2.32. The van der Waals surface area contributed by atoms with Gasteiger partial charge in [0.15, 0.2) is 0 Å². The van der Waals surface area contributed by atoms with Crippen LogP contribution in [-0.2, 0) is 10.0 Å². The summed E-state index contributed by atoms with van der Waals surface area (Å²) >= 11 is 5.84. The van der Waals surface area contributed by atoms with Crippen molar-refractivity contribution in [3.8, 4) is 0 Å². The first-order valence-electron chi connectivity index (χ1n) is 4.83. The van der Waals surface area contributed by atoms with E-state index in [-0.39, 0.29) is 21.4 Å². The Morgan fingerprint density at radius 1 is 1.28 bits per heavy atom. The molecular weight excluding hydrogens is 276 g/mol. The number of sulfonamides is 1. The number of pyridine rings is 2. The molecule has 0 amide bonds. The van der Waals surface area contributed by atoms with Gasteiger partial charge in [-0.15, -0.1) is 0 Å². The van der Waals surface area contributed by atoms with E-state index in [0.29, 0.717) is 0 Å². The van der Waals surface area contributed by atoms with Crippen LogP contribution in [0.5, 0.6) is 0 Å². The van der Waals surface area contributed by atoms with E-state index in [1.54, 1.807) is 0 Å². The summed E-state index contributed by atoms with van der Waals surface area (Å²) < 4.78 is 26.4. The number of aromatic nitrogens is 2. The van der Waals surface area contributed by atoms with E-state index in [0.717, 1.165) is 0 Å². The van der Waals surface area contributed by atoms with E-state index >= 15 is 0 Å². The molecule has 0 spiro atoms. The van der Waals surface area contributed by atoms with Crippen LogP contribution in [0.25, 0.3) is 0 Å². The quantitative estimate of drug-likeness (QED) is 0.890. The number of anilines is 2. The molecule has 0 aliphatic rings. The normalized spacial score (nSPS) is 11.2. The van der Waals surface area contributed by atoms with Gasteiger partial charge in [-0.2, -0.15) is 0 Å². The highest BCUT2D eigenvalue weighted by Crippen LogP contribution is 2.24. The molecule has 0 saturated carbocycles. The lowest BCUT2D eigenvalue weighted by atomic mass is 10.4. The van der Waals surface area contributed by atoms with Crippen molar-refractivity contribution in [1.82, 2.24) is 9.97 Å². The van der Waals surface area contributed by atoms with Crippen LogP contribution in [0, 0.1) is 0 Å². The van der Waals surface area contributed by atoms with Gasteiger partial charge in [-0.25, -0.2) is 13.4 Å². The van der Waals surface area contributed by atoms with E-state index in [1.165, 1.54) is 36.8 Å². The van der Waals surface area contributed by atoms with Crippen LogP contribution in [0.4, 0.5) is 11.5 Å². The van der Waals surface area contributed by atoms with Crippen molar-refractivity contribution in [2.45, 2.75) is 4.90 Å². The fraction of sp³-hybridized carbons (Fsp3) is 0. The Kier molecular flexibility index (Phi) is 3.35. The highest BCUT2D eigenvalue weighted by atomic mass is 35.5. The Bertz CT molecular complexity index is 675. The van der Waals surface area contributed by atoms with E-state index in [9.17, 15) is 8.42 Å². The summed E-state index contributed by atoms with van der Waals surface area (Å²) in [5, 5.41) is 0.246. The molecule has 2 aromatic heterocycles. The predicted molar refractivity (Wildman–Crippen MR) is 68.7 cm³/mol. The molecule has 0 saturated heterocycles. The largest absolute Gasteiger partial charge is 0.383 e. The van der Waals surface area contributed by atoms with Crippen LogP contribution in [0.2, 0.25) is 5.02 Å². The minimum atomic E-state index is -3.83. The highest BCUT2D eigenvalue weighted by Gasteiger charge is 2.19. The molecule has 0 aromatic carbocycles. The van der Waals surface area contributed by atoms with E-state index < -0.39 is 10.0 Å². The number of halogens is 1. The smallest absolute Gasteiger partial charge is 0.265 e. The predicted octanol–water partition coefficient (Wildman–Crippen LogP) is 1.51. The maximum Gasteiger partial charge on any atom is 0.265 e. The maximum atomic E-state index is 12.1. The summed E-state index contributed by atoms with van der Waals surface area (Å²) in [6.07, 6.45) is 4.18. The highest BCUT2D eigenvalue weighted by molar-refractivity contribution is 7.92. The Morgan fingerprint density at radius 3 is 2.72 bits per heavy atom. The first-order valence-corrected chi connectivity index (χ1v) is 6.69. The van der Waals surface area contributed by atoms with Gasteiger partial charge in [0.25, 0.3) is 10.0 Å². The lowest BCUT2D eigenvalue weighted by Gasteiger charge is -2.09. The van der Waals surface area contributed by atoms with Crippen LogP contribution < -0.4 is 10.5 Å².